The van der Waals surface area contributed by atoms with Crippen LogP contribution in [0.25, 0.3) is 0 Å². The summed E-state index contributed by atoms with van der Waals surface area (Å²) in [6.07, 6.45) is 5.57. The van der Waals surface area contributed by atoms with Gasteiger partial charge in [-0.3, -0.25) is 14.5 Å². The SMILES string of the molecule is CCc1ccc(C(=O)N2CCN(CC(=O)NC3(C#N)CCCCC3)CC2)cc1. The van der Waals surface area contributed by atoms with E-state index in [1.165, 1.54) is 5.56 Å². The Labute approximate surface area is 167 Å². The predicted molar refractivity (Wildman–Crippen MR) is 108 cm³/mol. The molecule has 1 saturated heterocycles. The molecule has 1 saturated carbocycles. The van der Waals surface area contributed by atoms with Gasteiger partial charge in [-0.1, -0.05) is 38.3 Å². The molecule has 150 valence electrons. The lowest BCUT2D eigenvalue weighted by Gasteiger charge is -2.36. The highest BCUT2D eigenvalue weighted by molar-refractivity contribution is 5.94. The van der Waals surface area contributed by atoms with Crippen molar-refractivity contribution in [3.05, 3.63) is 35.4 Å². The van der Waals surface area contributed by atoms with Gasteiger partial charge in [0, 0.05) is 31.7 Å². The lowest BCUT2D eigenvalue weighted by Crippen LogP contribution is -2.55. The molecule has 28 heavy (non-hydrogen) atoms. The van der Waals surface area contributed by atoms with Crippen LogP contribution in [0.2, 0.25) is 0 Å². The van der Waals surface area contributed by atoms with Crippen LogP contribution in [0.3, 0.4) is 0 Å². The quantitative estimate of drug-likeness (QED) is 0.848. The minimum atomic E-state index is -0.683. The topological polar surface area (TPSA) is 76.4 Å². The van der Waals surface area contributed by atoms with E-state index in [0.717, 1.165) is 44.1 Å². The minimum absolute atomic E-state index is 0.0531. The van der Waals surface area contributed by atoms with Crippen LogP contribution >= 0.6 is 0 Å². The molecular weight excluding hydrogens is 352 g/mol. The van der Waals surface area contributed by atoms with Crippen LogP contribution in [-0.2, 0) is 11.2 Å². The molecule has 0 unspecified atom stereocenters. The molecule has 1 aliphatic heterocycles. The number of amides is 2. The number of carbonyl (C=O) groups is 2. The van der Waals surface area contributed by atoms with Crippen molar-refractivity contribution in [2.75, 3.05) is 32.7 Å². The third kappa shape index (κ3) is 4.90. The Bertz CT molecular complexity index is 724. The van der Waals surface area contributed by atoms with Crippen LogP contribution in [0, 0.1) is 11.3 Å². The van der Waals surface area contributed by atoms with Crippen LogP contribution in [0.4, 0.5) is 0 Å². The Hall–Kier alpha value is -2.39. The fourth-order valence-electron chi connectivity index (χ4n) is 4.10. The highest BCUT2D eigenvalue weighted by atomic mass is 16.2. The summed E-state index contributed by atoms with van der Waals surface area (Å²) < 4.78 is 0. The molecule has 1 heterocycles. The van der Waals surface area contributed by atoms with Crippen LogP contribution < -0.4 is 5.32 Å². The summed E-state index contributed by atoms with van der Waals surface area (Å²) in [6, 6.07) is 10.1. The van der Waals surface area contributed by atoms with E-state index >= 15 is 0 Å². The molecule has 0 radical (unpaired) electrons. The average molecular weight is 383 g/mol. The van der Waals surface area contributed by atoms with Crippen molar-refractivity contribution < 1.29 is 9.59 Å². The van der Waals surface area contributed by atoms with Crippen molar-refractivity contribution in [1.29, 1.82) is 5.26 Å². The number of hydrogen-bond donors (Lipinski definition) is 1. The number of nitrogens with one attached hydrogen (secondary N) is 1. The second-order valence-electron chi connectivity index (χ2n) is 7.92. The number of carbonyl (C=O) groups excluding carboxylic acids is 2. The van der Waals surface area contributed by atoms with E-state index in [1.54, 1.807) is 0 Å². The second-order valence-corrected chi connectivity index (χ2v) is 7.92. The second kappa shape index (κ2) is 9.20. The molecule has 1 aromatic rings. The Morgan fingerprint density at radius 1 is 1.07 bits per heavy atom. The van der Waals surface area contributed by atoms with Gasteiger partial charge >= 0.3 is 0 Å². The molecule has 6 nitrogen and oxygen atoms in total. The highest BCUT2D eigenvalue weighted by Crippen LogP contribution is 2.27. The summed E-state index contributed by atoms with van der Waals surface area (Å²) in [5.41, 5.74) is 1.26. The maximum atomic E-state index is 12.7. The zero-order valence-electron chi connectivity index (χ0n) is 16.7. The molecule has 2 amide bonds. The lowest BCUT2D eigenvalue weighted by atomic mass is 9.83. The van der Waals surface area contributed by atoms with E-state index in [9.17, 15) is 14.9 Å². The third-order valence-corrected chi connectivity index (χ3v) is 5.94. The third-order valence-electron chi connectivity index (χ3n) is 5.94. The predicted octanol–water partition coefficient (Wildman–Crippen LogP) is 2.35. The largest absolute Gasteiger partial charge is 0.337 e. The van der Waals surface area contributed by atoms with Crippen molar-refractivity contribution in [3.63, 3.8) is 0 Å². The number of benzene rings is 1. The van der Waals surface area contributed by atoms with Gasteiger partial charge in [-0.2, -0.15) is 5.26 Å². The monoisotopic (exact) mass is 382 g/mol. The molecule has 1 N–H and O–H groups in total. The van der Waals surface area contributed by atoms with Gasteiger partial charge in [-0.15, -0.1) is 0 Å². The number of rotatable bonds is 5. The number of hydrogen-bond acceptors (Lipinski definition) is 4. The highest BCUT2D eigenvalue weighted by Gasteiger charge is 2.34. The first-order chi connectivity index (χ1) is 13.5. The summed E-state index contributed by atoms with van der Waals surface area (Å²) in [7, 11) is 0. The summed E-state index contributed by atoms with van der Waals surface area (Å²) in [5, 5.41) is 12.5. The van der Waals surface area contributed by atoms with Gasteiger partial charge in [0.05, 0.1) is 12.6 Å². The summed E-state index contributed by atoms with van der Waals surface area (Å²) in [5.74, 6) is -0.0317. The standard InChI is InChI=1S/C22H30N4O2/c1-2-18-6-8-19(9-7-18)21(28)26-14-12-25(13-15-26)16-20(27)24-22(17-23)10-4-3-5-11-22/h6-9H,2-5,10-16H2,1H3,(H,24,27). The van der Waals surface area contributed by atoms with Gasteiger partial charge in [-0.05, 0) is 37.0 Å². The van der Waals surface area contributed by atoms with Crippen LogP contribution in [0.15, 0.2) is 24.3 Å². The average Bonchev–Trinajstić information content (AvgIpc) is 2.74. The fraction of sp³-hybridized carbons (Fsp3) is 0.591. The first-order valence-electron chi connectivity index (χ1n) is 10.4. The van der Waals surface area contributed by atoms with Crippen molar-refractivity contribution in [3.8, 4) is 6.07 Å². The van der Waals surface area contributed by atoms with Crippen molar-refractivity contribution in [2.45, 2.75) is 51.0 Å². The van der Waals surface area contributed by atoms with E-state index < -0.39 is 5.54 Å². The molecule has 1 aliphatic carbocycles. The molecule has 0 aromatic heterocycles. The zero-order chi connectivity index (χ0) is 20.0. The summed E-state index contributed by atoms with van der Waals surface area (Å²) in [4.78, 5) is 29.0. The van der Waals surface area contributed by atoms with Crippen molar-refractivity contribution in [1.82, 2.24) is 15.1 Å². The van der Waals surface area contributed by atoms with Gasteiger partial charge in [0.25, 0.3) is 5.91 Å². The number of aryl methyl sites for hydroxylation is 1. The van der Waals surface area contributed by atoms with Gasteiger partial charge in [0.15, 0.2) is 0 Å². The first-order valence-corrected chi connectivity index (χ1v) is 10.4. The Balaban J connectivity index is 1.47. The van der Waals surface area contributed by atoms with E-state index in [2.05, 4.69) is 23.2 Å². The van der Waals surface area contributed by atoms with E-state index in [0.29, 0.717) is 26.2 Å². The van der Waals surface area contributed by atoms with E-state index in [1.807, 2.05) is 29.2 Å². The van der Waals surface area contributed by atoms with Crippen LogP contribution in [0.1, 0.15) is 54.9 Å². The van der Waals surface area contributed by atoms with E-state index in [4.69, 9.17) is 0 Å². The maximum Gasteiger partial charge on any atom is 0.253 e. The number of nitrogens with zero attached hydrogens (tertiary/aromatic N) is 3. The Morgan fingerprint density at radius 3 is 2.29 bits per heavy atom. The fourth-order valence-corrected chi connectivity index (χ4v) is 4.10. The van der Waals surface area contributed by atoms with Crippen LogP contribution in [0.5, 0.6) is 0 Å². The smallest absolute Gasteiger partial charge is 0.253 e. The number of nitriles is 1. The van der Waals surface area contributed by atoms with E-state index in [-0.39, 0.29) is 18.4 Å². The molecule has 0 spiro atoms. The van der Waals surface area contributed by atoms with Crippen LogP contribution in [-0.4, -0.2) is 59.9 Å². The van der Waals surface area contributed by atoms with Gasteiger partial charge in [0.1, 0.15) is 5.54 Å². The molecule has 1 aromatic carbocycles. The van der Waals surface area contributed by atoms with Gasteiger partial charge < -0.3 is 10.2 Å². The Kier molecular flexibility index (Phi) is 6.69. The summed E-state index contributed by atoms with van der Waals surface area (Å²) in [6.45, 7) is 4.96. The lowest BCUT2D eigenvalue weighted by molar-refractivity contribution is -0.124. The number of piperazine rings is 1. The summed E-state index contributed by atoms with van der Waals surface area (Å²) >= 11 is 0. The molecule has 0 atom stereocenters. The van der Waals surface area contributed by atoms with Gasteiger partial charge in [-0.25, -0.2) is 0 Å². The molecule has 3 rings (SSSR count). The Morgan fingerprint density at radius 2 is 1.71 bits per heavy atom. The first kappa shape index (κ1) is 20.3. The van der Waals surface area contributed by atoms with Crippen molar-refractivity contribution in [2.24, 2.45) is 0 Å². The van der Waals surface area contributed by atoms with Crippen molar-refractivity contribution >= 4 is 11.8 Å². The minimum Gasteiger partial charge on any atom is -0.337 e. The molecule has 2 aliphatic rings. The normalized spacial score (nSPS) is 19.6. The molecular formula is C22H30N4O2. The molecule has 0 bridgehead atoms. The molecule has 2 fully saturated rings. The molecule has 6 heteroatoms. The zero-order valence-corrected chi connectivity index (χ0v) is 16.7. The maximum absolute atomic E-state index is 12.7. The van der Waals surface area contributed by atoms with Gasteiger partial charge in [0.2, 0.25) is 5.91 Å².